The van der Waals surface area contributed by atoms with Crippen molar-refractivity contribution in [2.24, 2.45) is 0 Å². The molecule has 158 valence electrons. The Morgan fingerprint density at radius 1 is 1.23 bits per heavy atom. The van der Waals surface area contributed by atoms with E-state index in [1.165, 1.54) is 34.8 Å². The van der Waals surface area contributed by atoms with Crippen molar-refractivity contribution < 1.29 is 18.4 Å². The van der Waals surface area contributed by atoms with Gasteiger partial charge in [0, 0.05) is 59.9 Å². The van der Waals surface area contributed by atoms with Gasteiger partial charge in [-0.25, -0.2) is 8.42 Å². The van der Waals surface area contributed by atoms with Crippen molar-refractivity contribution >= 4 is 42.5 Å². The van der Waals surface area contributed by atoms with Gasteiger partial charge in [-0.2, -0.15) is 4.31 Å². The number of nitro groups is 1. The van der Waals surface area contributed by atoms with Crippen LogP contribution in [0.5, 0.6) is 5.88 Å². The number of H-pyrrole nitrogens is 1. The SMILES string of the molecule is CN1CCN(S(=O)(=O)c2cnc(-c3c(O)[nH]c4ccc([N+](=O)[O-])cc34)c(Br)c2)CC1. The van der Waals surface area contributed by atoms with Gasteiger partial charge < -0.3 is 15.0 Å². The number of piperazine rings is 1. The molecule has 2 aromatic heterocycles. The molecule has 3 aromatic rings. The maximum Gasteiger partial charge on any atom is 0.270 e. The Morgan fingerprint density at radius 3 is 2.57 bits per heavy atom. The van der Waals surface area contributed by atoms with Crippen LogP contribution in [0.4, 0.5) is 5.69 Å². The maximum atomic E-state index is 13.0. The minimum absolute atomic E-state index is 0.0352. The van der Waals surface area contributed by atoms with Crippen LogP contribution in [0.2, 0.25) is 0 Å². The number of nitrogens with one attached hydrogen (secondary N) is 1. The molecule has 1 saturated heterocycles. The second-order valence-electron chi connectivity index (χ2n) is 7.04. The lowest BCUT2D eigenvalue weighted by Gasteiger charge is -2.31. The van der Waals surface area contributed by atoms with Gasteiger partial charge in [-0.15, -0.1) is 0 Å². The molecule has 0 atom stereocenters. The van der Waals surface area contributed by atoms with Crippen LogP contribution in [0.3, 0.4) is 0 Å². The van der Waals surface area contributed by atoms with Gasteiger partial charge in [-0.05, 0) is 35.1 Å². The van der Waals surface area contributed by atoms with Crippen molar-refractivity contribution in [3.63, 3.8) is 0 Å². The molecule has 0 saturated carbocycles. The quantitative estimate of drug-likeness (QED) is 0.419. The number of nitro benzene ring substituents is 1. The van der Waals surface area contributed by atoms with Crippen LogP contribution in [0.25, 0.3) is 22.2 Å². The number of hydrogen-bond acceptors (Lipinski definition) is 7. The summed E-state index contributed by atoms with van der Waals surface area (Å²) in [5.41, 5.74) is 0.893. The molecule has 3 heterocycles. The normalized spacial score (nSPS) is 16.2. The van der Waals surface area contributed by atoms with Crippen molar-refractivity contribution in [2.75, 3.05) is 33.2 Å². The number of hydrogen-bond donors (Lipinski definition) is 2. The fraction of sp³-hybridized carbons (Fsp3) is 0.278. The zero-order valence-electron chi connectivity index (χ0n) is 15.9. The maximum absolute atomic E-state index is 13.0. The second-order valence-corrected chi connectivity index (χ2v) is 9.84. The Hall–Kier alpha value is -2.54. The summed E-state index contributed by atoms with van der Waals surface area (Å²) in [6.45, 7) is 2.08. The molecule has 0 amide bonds. The van der Waals surface area contributed by atoms with Crippen LogP contribution in [-0.2, 0) is 10.0 Å². The van der Waals surface area contributed by atoms with Gasteiger partial charge in [0.15, 0.2) is 5.88 Å². The molecule has 0 aliphatic carbocycles. The minimum atomic E-state index is -3.71. The highest BCUT2D eigenvalue weighted by Crippen LogP contribution is 2.40. The topological polar surface area (TPSA) is 133 Å². The van der Waals surface area contributed by atoms with E-state index in [1.54, 1.807) is 0 Å². The van der Waals surface area contributed by atoms with E-state index < -0.39 is 14.9 Å². The Labute approximate surface area is 180 Å². The number of likely N-dealkylation sites (N-methyl/N-ethyl adjacent to an activating group) is 1. The van der Waals surface area contributed by atoms with Crippen LogP contribution in [0.15, 0.2) is 39.8 Å². The van der Waals surface area contributed by atoms with E-state index in [1.807, 2.05) is 7.05 Å². The van der Waals surface area contributed by atoms with Crippen molar-refractivity contribution in [1.82, 2.24) is 19.2 Å². The third kappa shape index (κ3) is 3.55. The average Bonchev–Trinajstić information content (AvgIpc) is 3.03. The zero-order valence-corrected chi connectivity index (χ0v) is 18.3. The second kappa shape index (κ2) is 7.61. The Balaban J connectivity index is 1.76. The van der Waals surface area contributed by atoms with Gasteiger partial charge in [0.25, 0.3) is 5.69 Å². The van der Waals surface area contributed by atoms with Gasteiger partial charge in [-0.1, -0.05) is 0 Å². The first kappa shape index (κ1) is 20.7. The average molecular weight is 496 g/mol. The zero-order chi connectivity index (χ0) is 21.6. The fourth-order valence-corrected chi connectivity index (χ4v) is 5.54. The van der Waals surface area contributed by atoms with Crippen molar-refractivity contribution in [3.05, 3.63) is 45.0 Å². The molecule has 0 radical (unpaired) electrons. The lowest BCUT2D eigenvalue weighted by atomic mass is 10.1. The summed E-state index contributed by atoms with van der Waals surface area (Å²) >= 11 is 3.35. The molecule has 4 rings (SSSR count). The van der Waals surface area contributed by atoms with Crippen LogP contribution >= 0.6 is 15.9 Å². The largest absolute Gasteiger partial charge is 0.494 e. The van der Waals surface area contributed by atoms with Gasteiger partial charge >= 0.3 is 0 Å². The summed E-state index contributed by atoms with van der Waals surface area (Å²) in [6.07, 6.45) is 1.24. The number of halogens is 1. The molecule has 0 bridgehead atoms. The number of sulfonamides is 1. The molecular formula is C18H18BrN5O5S. The van der Waals surface area contributed by atoms with Crippen molar-refractivity contribution in [1.29, 1.82) is 0 Å². The number of nitrogens with zero attached hydrogens (tertiary/aromatic N) is 4. The standard InChI is InChI=1S/C18H18BrN5O5S/c1-22-4-6-23(7-5-22)30(28,29)12-9-14(19)17(20-10-12)16-13-8-11(24(26)27)2-3-15(13)21-18(16)25/h2-3,8-10,21,25H,4-7H2,1H3. The lowest BCUT2D eigenvalue weighted by molar-refractivity contribution is -0.384. The van der Waals surface area contributed by atoms with E-state index in [0.29, 0.717) is 41.6 Å². The summed E-state index contributed by atoms with van der Waals surface area (Å²) in [6, 6.07) is 5.60. The molecule has 10 nitrogen and oxygen atoms in total. The van der Waals surface area contributed by atoms with Gasteiger partial charge in [0.1, 0.15) is 4.90 Å². The van der Waals surface area contributed by atoms with E-state index in [2.05, 4.69) is 30.8 Å². The Bertz CT molecular complexity index is 1250. The minimum Gasteiger partial charge on any atom is -0.494 e. The monoisotopic (exact) mass is 495 g/mol. The third-order valence-electron chi connectivity index (χ3n) is 5.13. The predicted molar refractivity (Wildman–Crippen MR) is 114 cm³/mol. The van der Waals surface area contributed by atoms with E-state index in [9.17, 15) is 23.6 Å². The number of aromatic nitrogens is 2. The van der Waals surface area contributed by atoms with Gasteiger partial charge in [0.05, 0.1) is 16.2 Å². The fourth-order valence-electron chi connectivity index (χ4n) is 3.44. The van der Waals surface area contributed by atoms with Crippen LogP contribution in [0.1, 0.15) is 0 Å². The molecule has 2 N–H and O–H groups in total. The molecule has 1 aliphatic heterocycles. The smallest absolute Gasteiger partial charge is 0.270 e. The van der Waals surface area contributed by atoms with E-state index >= 15 is 0 Å². The number of aromatic hydroxyl groups is 1. The number of aromatic amines is 1. The molecule has 1 aromatic carbocycles. The summed E-state index contributed by atoms with van der Waals surface area (Å²) < 4.78 is 27.7. The number of rotatable bonds is 4. The van der Waals surface area contributed by atoms with Gasteiger partial charge in [0.2, 0.25) is 10.0 Å². The van der Waals surface area contributed by atoms with Crippen molar-refractivity contribution in [3.8, 4) is 17.1 Å². The first-order chi connectivity index (χ1) is 14.2. The number of benzene rings is 1. The molecule has 30 heavy (non-hydrogen) atoms. The predicted octanol–water partition coefficient (Wildman–Crippen LogP) is 2.54. The Morgan fingerprint density at radius 2 is 1.93 bits per heavy atom. The summed E-state index contributed by atoms with van der Waals surface area (Å²) in [7, 11) is -1.77. The molecular weight excluding hydrogens is 478 g/mol. The van der Waals surface area contributed by atoms with E-state index in [-0.39, 0.29) is 27.7 Å². The molecule has 1 aliphatic rings. The van der Waals surface area contributed by atoms with Crippen LogP contribution < -0.4 is 0 Å². The van der Waals surface area contributed by atoms with Crippen LogP contribution in [-0.4, -0.2) is 70.8 Å². The van der Waals surface area contributed by atoms with Crippen LogP contribution in [0, 0.1) is 10.1 Å². The first-order valence-electron chi connectivity index (χ1n) is 9.02. The third-order valence-corrected chi connectivity index (χ3v) is 7.59. The summed E-state index contributed by atoms with van der Waals surface area (Å²) in [4.78, 5) is 19.7. The number of non-ortho nitro benzene ring substituents is 1. The number of pyridine rings is 1. The molecule has 0 unspecified atom stereocenters. The van der Waals surface area contributed by atoms with E-state index in [0.717, 1.165) is 0 Å². The summed E-state index contributed by atoms with van der Waals surface area (Å²) in [5.74, 6) is -0.214. The highest BCUT2D eigenvalue weighted by atomic mass is 79.9. The molecule has 12 heteroatoms. The Kier molecular flexibility index (Phi) is 5.26. The highest BCUT2D eigenvalue weighted by molar-refractivity contribution is 9.10. The summed E-state index contributed by atoms with van der Waals surface area (Å²) in [5, 5.41) is 21.9. The van der Waals surface area contributed by atoms with Crippen molar-refractivity contribution in [2.45, 2.75) is 4.90 Å². The molecule has 0 spiro atoms. The highest BCUT2D eigenvalue weighted by Gasteiger charge is 2.29. The number of fused-ring (bicyclic) bond motifs is 1. The lowest BCUT2D eigenvalue weighted by Crippen LogP contribution is -2.47. The van der Waals surface area contributed by atoms with Gasteiger partial charge in [-0.3, -0.25) is 15.1 Å². The van der Waals surface area contributed by atoms with E-state index in [4.69, 9.17) is 0 Å². The molecule has 1 fully saturated rings. The first-order valence-corrected chi connectivity index (χ1v) is 11.3.